The third-order valence-corrected chi connectivity index (χ3v) is 2.14. The van der Waals surface area contributed by atoms with Crippen molar-refractivity contribution < 1.29 is 9.21 Å². The Kier molecular flexibility index (Phi) is 3.29. The normalized spacial score (nSPS) is 12.1. The summed E-state index contributed by atoms with van der Waals surface area (Å²) in [4.78, 5) is 11.5. The summed E-state index contributed by atoms with van der Waals surface area (Å²) in [5, 5.41) is 0. The van der Waals surface area contributed by atoms with Gasteiger partial charge < -0.3 is 10.2 Å². The van der Waals surface area contributed by atoms with Gasteiger partial charge in [-0.25, -0.2) is 0 Å². The number of hydrogen-bond donors (Lipinski definition) is 1. The highest BCUT2D eigenvalue weighted by Crippen LogP contribution is 2.19. The molecule has 13 heavy (non-hydrogen) atoms. The van der Waals surface area contributed by atoms with Gasteiger partial charge in [0.15, 0.2) is 5.76 Å². The van der Waals surface area contributed by atoms with Gasteiger partial charge in [0, 0.05) is 6.42 Å². The average molecular weight is 242 g/mol. The van der Waals surface area contributed by atoms with E-state index in [0.717, 1.165) is 0 Å². The molecule has 0 radical (unpaired) electrons. The molecule has 2 N–H and O–H groups in total. The Bertz CT molecular complexity index is 351. The number of ketones is 1. The van der Waals surface area contributed by atoms with Gasteiger partial charge in [-0.15, -0.1) is 12.3 Å². The zero-order chi connectivity index (χ0) is 9.84. The Labute approximate surface area is 84.4 Å². The van der Waals surface area contributed by atoms with Crippen LogP contribution in [0.1, 0.15) is 17.0 Å². The van der Waals surface area contributed by atoms with Crippen molar-refractivity contribution >= 4 is 21.7 Å². The summed E-state index contributed by atoms with van der Waals surface area (Å²) in [5.41, 5.74) is 5.51. The predicted octanol–water partition coefficient (Wildman–Crippen LogP) is 1.58. The number of halogens is 1. The van der Waals surface area contributed by atoms with Gasteiger partial charge in [-0.05, 0) is 22.0 Å². The molecule has 0 aliphatic carbocycles. The molecule has 0 spiro atoms. The van der Waals surface area contributed by atoms with E-state index in [4.69, 9.17) is 16.6 Å². The van der Waals surface area contributed by atoms with Crippen molar-refractivity contribution in [3.8, 4) is 12.3 Å². The molecule has 0 bridgehead atoms. The monoisotopic (exact) mass is 241 g/mol. The van der Waals surface area contributed by atoms with Gasteiger partial charge in [-0.1, -0.05) is 0 Å². The van der Waals surface area contributed by atoms with Crippen LogP contribution >= 0.6 is 15.9 Å². The molecule has 68 valence electrons. The molecule has 1 atom stereocenters. The second kappa shape index (κ2) is 4.26. The fraction of sp³-hybridized carbons (Fsp3) is 0.222. The summed E-state index contributed by atoms with van der Waals surface area (Å²) < 4.78 is 5.55. The van der Waals surface area contributed by atoms with Crippen LogP contribution in [0.4, 0.5) is 0 Å². The number of carbonyl (C=O) groups is 1. The quantitative estimate of drug-likeness (QED) is 0.646. The highest BCUT2D eigenvalue weighted by molar-refractivity contribution is 9.10. The number of carbonyl (C=O) groups excluding carboxylic acids is 1. The Morgan fingerprint density at radius 3 is 3.00 bits per heavy atom. The second-order valence-electron chi connectivity index (χ2n) is 2.48. The van der Waals surface area contributed by atoms with E-state index in [1.807, 2.05) is 0 Å². The van der Waals surface area contributed by atoms with E-state index in [9.17, 15) is 4.79 Å². The molecule has 1 heterocycles. The molecule has 1 rings (SSSR count). The lowest BCUT2D eigenvalue weighted by Gasteiger charge is -2.03. The maximum Gasteiger partial charge on any atom is 0.216 e. The van der Waals surface area contributed by atoms with E-state index in [2.05, 4.69) is 21.9 Å². The van der Waals surface area contributed by atoms with Crippen molar-refractivity contribution in [3.63, 3.8) is 0 Å². The molecule has 1 unspecified atom stereocenters. The largest absolute Gasteiger partial charge is 0.460 e. The molecule has 1 aromatic heterocycles. The Hall–Kier alpha value is -1.05. The van der Waals surface area contributed by atoms with E-state index < -0.39 is 6.04 Å². The van der Waals surface area contributed by atoms with E-state index in [1.165, 1.54) is 6.26 Å². The fourth-order valence-electron chi connectivity index (χ4n) is 0.858. The standard InChI is InChI=1S/C9H8BrNO2/c1-2-3-7(11)8(12)9-6(10)4-5-13-9/h1,4-5,7H,3,11H2. The van der Waals surface area contributed by atoms with Gasteiger partial charge in [0.25, 0.3) is 0 Å². The van der Waals surface area contributed by atoms with Gasteiger partial charge in [0.1, 0.15) is 0 Å². The van der Waals surface area contributed by atoms with Crippen LogP contribution in [-0.4, -0.2) is 11.8 Å². The van der Waals surface area contributed by atoms with Crippen LogP contribution in [0.3, 0.4) is 0 Å². The lowest BCUT2D eigenvalue weighted by molar-refractivity contribution is 0.0934. The third kappa shape index (κ3) is 2.20. The molecular weight excluding hydrogens is 234 g/mol. The molecule has 0 aromatic carbocycles. The molecule has 0 aliphatic rings. The predicted molar refractivity (Wildman–Crippen MR) is 52.2 cm³/mol. The maximum absolute atomic E-state index is 11.5. The Morgan fingerprint density at radius 2 is 2.54 bits per heavy atom. The highest BCUT2D eigenvalue weighted by Gasteiger charge is 2.20. The first-order valence-corrected chi connectivity index (χ1v) is 4.42. The average Bonchev–Trinajstić information content (AvgIpc) is 2.50. The van der Waals surface area contributed by atoms with Gasteiger partial charge in [-0.2, -0.15) is 0 Å². The number of nitrogens with two attached hydrogens (primary N) is 1. The van der Waals surface area contributed by atoms with E-state index >= 15 is 0 Å². The van der Waals surface area contributed by atoms with Crippen LogP contribution in [-0.2, 0) is 0 Å². The SMILES string of the molecule is C#CCC(N)C(=O)c1occc1Br. The lowest BCUT2D eigenvalue weighted by atomic mass is 10.1. The van der Waals surface area contributed by atoms with Gasteiger partial charge in [0.05, 0.1) is 16.8 Å². The van der Waals surface area contributed by atoms with Crippen molar-refractivity contribution in [2.24, 2.45) is 5.73 Å². The fourth-order valence-corrected chi connectivity index (χ4v) is 1.25. The zero-order valence-electron chi connectivity index (χ0n) is 6.79. The van der Waals surface area contributed by atoms with Crippen molar-refractivity contribution in [1.29, 1.82) is 0 Å². The smallest absolute Gasteiger partial charge is 0.216 e. The second-order valence-corrected chi connectivity index (χ2v) is 3.33. The minimum Gasteiger partial charge on any atom is -0.460 e. The number of furan rings is 1. The minimum absolute atomic E-state index is 0.214. The molecular formula is C9H8BrNO2. The molecule has 0 fully saturated rings. The number of Topliss-reactive ketones (excluding diaryl/α,β-unsaturated/α-hetero) is 1. The summed E-state index contributed by atoms with van der Waals surface area (Å²) in [6.45, 7) is 0. The van der Waals surface area contributed by atoms with Crippen LogP contribution in [0, 0.1) is 12.3 Å². The first-order chi connectivity index (χ1) is 6.16. The highest BCUT2D eigenvalue weighted by atomic mass is 79.9. The Morgan fingerprint density at radius 1 is 1.85 bits per heavy atom. The molecule has 0 saturated heterocycles. The van der Waals surface area contributed by atoms with Crippen molar-refractivity contribution in [1.82, 2.24) is 0 Å². The topological polar surface area (TPSA) is 56.2 Å². The third-order valence-electron chi connectivity index (χ3n) is 1.52. The lowest BCUT2D eigenvalue weighted by Crippen LogP contribution is -2.29. The molecule has 0 aliphatic heterocycles. The van der Waals surface area contributed by atoms with Gasteiger partial charge in [-0.3, -0.25) is 4.79 Å². The minimum atomic E-state index is -0.688. The first-order valence-electron chi connectivity index (χ1n) is 3.63. The summed E-state index contributed by atoms with van der Waals surface area (Å²) in [6, 6.07) is 0.947. The molecule has 3 nitrogen and oxygen atoms in total. The number of hydrogen-bond acceptors (Lipinski definition) is 3. The van der Waals surface area contributed by atoms with Crippen LogP contribution in [0.2, 0.25) is 0 Å². The zero-order valence-corrected chi connectivity index (χ0v) is 8.37. The number of terminal acetylenes is 1. The molecule has 0 amide bonds. The van der Waals surface area contributed by atoms with Crippen molar-refractivity contribution in [2.75, 3.05) is 0 Å². The van der Waals surface area contributed by atoms with E-state index in [0.29, 0.717) is 4.47 Å². The van der Waals surface area contributed by atoms with Crippen LogP contribution in [0.25, 0.3) is 0 Å². The van der Waals surface area contributed by atoms with E-state index in [1.54, 1.807) is 6.07 Å². The molecule has 1 aromatic rings. The Balaban J connectivity index is 2.81. The van der Waals surface area contributed by atoms with Crippen molar-refractivity contribution in [2.45, 2.75) is 12.5 Å². The number of rotatable bonds is 3. The summed E-state index contributed by atoms with van der Waals surface area (Å²) in [5.74, 6) is 2.27. The van der Waals surface area contributed by atoms with Crippen LogP contribution in [0.5, 0.6) is 0 Å². The van der Waals surface area contributed by atoms with Crippen LogP contribution in [0.15, 0.2) is 21.2 Å². The van der Waals surface area contributed by atoms with E-state index in [-0.39, 0.29) is 18.0 Å². The van der Waals surface area contributed by atoms with Gasteiger partial charge in [0.2, 0.25) is 5.78 Å². The molecule has 4 heteroatoms. The maximum atomic E-state index is 11.5. The van der Waals surface area contributed by atoms with Crippen LogP contribution < -0.4 is 5.73 Å². The summed E-state index contributed by atoms with van der Waals surface area (Å²) in [6.07, 6.45) is 6.66. The summed E-state index contributed by atoms with van der Waals surface area (Å²) in [7, 11) is 0. The first kappa shape index (κ1) is 10.0. The van der Waals surface area contributed by atoms with Crippen molar-refractivity contribution in [3.05, 3.63) is 22.6 Å². The van der Waals surface area contributed by atoms with Gasteiger partial charge >= 0.3 is 0 Å². The molecule has 0 saturated carbocycles. The summed E-state index contributed by atoms with van der Waals surface area (Å²) >= 11 is 3.16.